The van der Waals surface area contributed by atoms with Crippen molar-refractivity contribution < 1.29 is 30.0 Å². The minimum absolute atomic E-state index is 0. The Balaban J connectivity index is -0.0000000156. The molecule has 347 valence electrons. The van der Waals surface area contributed by atoms with Gasteiger partial charge in [-0.3, -0.25) is 10.5 Å². The first-order chi connectivity index (χ1) is 24.7. The van der Waals surface area contributed by atoms with E-state index < -0.39 is 0 Å². The zero-order valence-electron chi connectivity index (χ0n) is 32.4. The van der Waals surface area contributed by atoms with Crippen LogP contribution in [-0.4, -0.2) is 38.3 Å². The molecule has 0 heterocycles. The van der Waals surface area contributed by atoms with Gasteiger partial charge in [0, 0.05) is 23.0 Å². The van der Waals surface area contributed by atoms with Crippen molar-refractivity contribution >= 4 is 16.8 Å². The fraction of sp³-hybridized carbons (Fsp3) is 0.293. The van der Waals surface area contributed by atoms with E-state index in [1.165, 1.54) is 0 Å². The molecule has 5 N–H and O–H groups in total. The molecule has 0 spiro atoms. The van der Waals surface area contributed by atoms with E-state index in [-0.39, 0.29) is 111 Å². The second-order valence-corrected chi connectivity index (χ2v) is 6.00. The maximum Gasteiger partial charge on any atom is 0.0467 e. The molecule has 64 heavy (non-hydrogen) atoms. The van der Waals surface area contributed by atoms with Gasteiger partial charge in [0.15, 0.2) is 0 Å². The van der Waals surface area contributed by atoms with Gasteiger partial charge in [-0.2, -0.15) is 0 Å². The molecular weight excluding hydrogens is 782 g/mol. The van der Waals surface area contributed by atoms with Gasteiger partial charge in [-0.05, 0) is 245 Å². The minimum atomic E-state index is 0. The molecule has 0 aliphatic rings. The first-order valence-corrected chi connectivity index (χ1v) is 13.2. The molecule has 0 saturated carbocycles. The molecule has 0 aromatic heterocycles. The van der Waals surface area contributed by atoms with E-state index in [4.69, 9.17) is 10.5 Å². The van der Waals surface area contributed by atoms with Gasteiger partial charge in [0.25, 0.3) is 0 Å². The summed E-state index contributed by atoms with van der Waals surface area (Å²) in [4.78, 5) is 0. The third-order valence-electron chi connectivity index (χ3n) is 2.75. The number of rotatable bonds is 0. The Morgan fingerprint density at radius 2 is 0.281 bits per heavy atom. The minimum Gasteiger partial charge on any atom is -1.00 e. The largest absolute Gasteiger partial charge is 1.00 e. The van der Waals surface area contributed by atoms with Crippen molar-refractivity contribution in [2.45, 2.75) is 122 Å². The van der Waals surface area contributed by atoms with Crippen molar-refractivity contribution in [1.29, 1.82) is 0 Å². The summed E-state index contributed by atoms with van der Waals surface area (Å²) in [6.07, 6.45) is 0. The normalized spacial score (nSPS) is 2.97. The molecule has 0 bridgehead atoms. The van der Waals surface area contributed by atoms with Gasteiger partial charge < -0.3 is 12.4 Å². The van der Waals surface area contributed by atoms with Gasteiger partial charge in [-0.1, -0.05) is 123 Å². The SMILES string of the molecule is C.C.C.C.C.C.C.C.C.CC#CC#CC#CC.CC#CC#CC#CC.CC#CC#CC#CC#CC#CC#CC#CC.CC#CC#CC#CC#CC#CC#CC#CC.O.OO.[BH4-].[B].[CH3+].[H-].[HH].[HH].[HH].[HH].[HH].[OH-]. The fourth-order valence-electron chi connectivity index (χ4n) is 1.25. The number of hydrogen-bond acceptors (Lipinski definition) is 3. The predicted molar refractivity (Wildman–Crippen MR) is 307 cm³/mol. The molecular formula is C58H83B2O4-2. The van der Waals surface area contributed by atoms with Crippen LogP contribution in [0.3, 0.4) is 0 Å². The Bertz CT molecular complexity index is 2130. The first kappa shape index (κ1) is 124. The van der Waals surface area contributed by atoms with Gasteiger partial charge in [0.05, 0.1) is 0 Å². The van der Waals surface area contributed by atoms with Crippen molar-refractivity contribution in [3.63, 3.8) is 0 Å². The van der Waals surface area contributed by atoms with Crippen LogP contribution in [0.2, 0.25) is 0 Å². The molecule has 0 saturated heterocycles. The van der Waals surface area contributed by atoms with Crippen molar-refractivity contribution in [2.24, 2.45) is 0 Å². The molecule has 6 heteroatoms. The second-order valence-electron chi connectivity index (χ2n) is 6.00. The van der Waals surface area contributed by atoms with Crippen LogP contribution in [0.5, 0.6) is 0 Å². The molecule has 4 nitrogen and oxygen atoms in total. The van der Waals surface area contributed by atoms with Gasteiger partial charge in [-0.25, -0.2) is 0 Å². The Hall–Kier alpha value is -8.96. The summed E-state index contributed by atoms with van der Waals surface area (Å²) in [5.74, 6) is 102. The molecule has 0 aliphatic heterocycles. The quantitative estimate of drug-likeness (QED) is 0.0837. The average molecular weight is 866 g/mol. The third-order valence-corrected chi connectivity index (χ3v) is 2.75. The maximum atomic E-state index is 6.00. The summed E-state index contributed by atoms with van der Waals surface area (Å²) >= 11 is 0. The van der Waals surface area contributed by atoms with E-state index in [9.17, 15) is 0 Å². The summed E-state index contributed by atoms with van der Waals surface area (Å²) in [5, 5.41) is 12.0. The van der Waals surface area contributed by atoms with Gasteiger partial charge in [0.2, 0.25) is 0 Å². The Kier molecular flexibility index (Phi) is 305. The molecule has 0 aromatic carbocycles. The highest BCUT2D eigenvalue weighted by atomic mass is 17.0. The smallest absolute Gasteiger partial charge is 0.0467 e. The highest BCUT2D eigenvalue weighted by Crippen LogP contribution is 1.59. The van der Waals surface area contributed by atoms with E-state index in [2.05, 4.69) is 237 Å². The first-order valence-electron chi connectivity index (χ1n) is 13.2. The van der Waals surface area contributed by atoms with Gasteiger partial charge >= 0.3 is 0 Å². The predicted octanol–water partition coefficient (Wildman–Crippen LogP) is 8.87. The van der Waals surface area contributed by atoms with Crippen LogP contribution in [0.25, 0.3) is 0 Å². The van der Waals surface area contributed by atoms with Crippen LogP contribution >= 0.6 is 0 Å². The lowest BCUT2D eigenvalue weighted by Gasteiger charge is -1.56. The second kappa shape index (κ2) is 158. The molecule has 0 aromatic rings. The highest BCUT2D eigenvalue weighted by molar-refractivity contribution is 5.76. The summed E-state index contributed by atoms with van der Waals surface area (Å²) in [6.45, 7) is 13.8. The third kappa shape index (κ3) is 196. The monoisotopic (exact) mass is 866 g/mol. The van der Waals surface area contributed by atoms with Crippen molar-refractivity contribution in [3.8, 4) is 237 Å². The Morgan fingerprint density at radius 1 is 0.234 bits per heavy atom. The average Bonchev–Trinajstić information content (AvgIpc) is 3.14. The van der Waals surface area contributed by atoms with Crippen molar-refractivity contribution in [2.75, 3.05) is 0 Å². The Morgan fingerprint density at radius 3 is 0.328 bits per heavy atom. The van der Waals surface area contributed by atoms with Crippen LogP contribution in [0, 0.1) is 244 Å². The summed E-state index contributed by atoms with van der Waals surface area (Å²) in [7, 11) is 0. The van der Waals surface area contributed by atoms with Crippen LogP contribution in [-0.2, 0) is 0 Å². The van der Waals surface area contributed by atoms with E-state index in [1.807, 2.05) is 0 Å². The topological polar surface area (TPSA) is 102 Å². The van der Waals surface area contributed by atoms with E-state index in [1.54, 1.807) is 55.4 Å². The van der Waals surface area contributed by atoms with Crippen LogP contribution < -0.4 is 0 Å². The molecule has 0 aliphatic carbocycles. The molecule has 0 fully saturated rings. The molecule has 0 amide bonds. The van der Waals surface area contributed by atoms with Gasteiger partial charge in [-0.15, -0.1) is 0 Å². The number of hydrogen-bond donors (Lipinski definition) is 2. The fourth-order valence-corrected chi connectivity index (χ4v) is 1.25. The summed E-state index contributed by atoms with van der Waals surface area (Å²) in [5.41, 5.74) is 0. The zero-order chi connectivity index (χ0) is 38.3. The van der Waals surface area contributed by atoms with Crippen LogP contribution in [0.15, 0.2) is 0 Å². The van der Waals surface area contributed by atoms with Crippen LogP contribution in [0.1, 0.15) is 131 Å². The Labute approximate surface area is 412 Å². The lowest BCUT2D eigenvalue weighted by atomic mass is 10.5. The van der Waals surface area contributed by atoms with Crippen LogP contribution in [0.4, 0.5) is 0 Å². The summed E-state index contributed by atoms with van der Waals surface area (Å²) < 4.78 is 0. The van der Waals surface area contributed by atoms with Crippen molar-refractivity contribution in [3.05, 3.63) is 7.43 Å². The van der Waals surface area contributed by atoms with E-state index >= 15 is 0 Å². The lowest BCUT2D eigenvalue weighted by Crippen LogP contribution is -1.55. The lowest BCUT2D eigenvalue weighted by molar-refractivity contribution is -0.176. The molecule has 0 unspecified atom stereocenters. The molecule has 3 radical (unpaired) electrons. The van der Waals surface area contributed by atoms with E-state index in [0.29, 0.717) is 0 Å². The van der Waals surface area contributed by atoms with E-state index in [0.717, 1.165) is 0 Å². The maximum absolute atomic E-state index is 6.00. The van der Waals surface area contributed by atoms with Crippen molar-refractivity contribution in [1.82, 2.24) is 0 Å². The van der Waals surface area contributed by atoms with Gasteiger partial charge in [0.1, 0.15) is 0 Å². The zero-order valence-corrected chi connectivity index (χ0v) is 31.4. The standard InChI is InChI=1S/2C16H6.2C8H6.9CH4.CH3.BH4.B.H2O2.2H2O.5H2.H/c2*1-3-5-7-9-11-13-15-16-14-12-10-8-6-4-2;2*1-3-5-7-8-6-4-2;;;;;;;;;;;;;1-2;;;;;;;;/h2*1-2H3;2*1-2H3;9*1H4;1H3;1H4;;1-2H;2*1H2;5*1H;/q;;;;;;;;;;;;;+1;-1;;;;;;;;;;-1/p-1. The summed E-state index contributed by atoms with van der Waals surface area (Å²) in [6, 6.07) is 0. The molecule has 0 atom stereocenters. The highest BCUT2D eigenvalue weighted by Gasteiger charge is 1.58. The molecule has 0 rings (SSSR count).